The number of benzene rings is 2. The third-order valence-electron chi connectivity index (χ3n) is 2.96. The number of para-hydroxylation sites is 2. The highest BCUT2D eigenvalue weighted by molar-refractivity contribution is 9.10. The van der Waals surface area contributed by atoms with Gasteiger partial charge in [0.05, 0.1) is 18.8 Å². The van der Waals surface area contributed by atoms with Crippen LogP contribution >= 0.6 is 15.9 Å². The van der Waals surface area contributed by atoms with Crippen molar-refractivity contribution in [1.29, 1.82) is 0 Å². The predicted octanol–water partition coefficient (Wildman–Crippen LogP) is 2.77. The third kappa shape index (κ3) is 6.29. The first-order valence-electron chi connectivity index (χ1n) is 7.39. The second-order valence-electron chi connectivity index (χ2n) is 4.80. The van der Waals surface area contributed by atoms with Gasteiger partial charge in [0, 0.05) is 4.47 Å². The molecule has 7 heteroatoms. The fraction of sp³-hybridized carbons (Fsp3) is 0.176. The molecule has 3 amide bonds. The van der Waals surface area contributed by atoms with Gasteiger partial charge in [-0.25, -0.2) is 4.79 Å². The number of urea groups is 1. The van der Waals surface area contributed by atoms with Crippen molar-refractivity contribution in [3.05, 3.63) is 59.1 Å². The summed E-state index contributed by atoms with van der Waals surface area (Å²) < 4.78 is 6.23. The minimum atomic E-state index is -0.422. The molecule has 126 valence electrons. The Hall–Kier alpha value is -2.54. The van der Waals surface area contributed by atoms with Gasteiger partial charge in [0.2, 0.25) is 5.91 Å². The van der Waals surface area contributed by atoms with Gasteiger partial charge >= 0.3 is 6.03 Å². The molecule has 2 aromatic carbocycles. The van der Waals surface area contributed by atoms with E-state index in [-0.39, 0.29) is 12.5 Å². The molecule has 0 bridgehead atoms. The maximum Gasteiger partial charge on any atom is 0.315 e. The maximum absolute atomic E-state index is 11.8. The number of ether oxygens (including phenoxy) is 1. The molecule has 0 spiro atoms. The van der Waals surface area contributed by atoms with Gasteiger partial charge in [-0.1, -0.05) is 30.3 Å². The molecule has 2 aromatic rings. The van der Waals surface area contributed by atoms with Crippen LogP contribution in [0, 0.1) is 0 Å². The summed E-state index contributed by atoms with van der Waals surface area (Å²) in [5.74, 6) is 0.435. The Kier molecular flexibility index (Phi) is 7.10. The molecule has 0 aromatic heterocycles. The molecule has 0 aliphatic heterocycles. The minimum absolute atomic E-state index is 0.118. The highest BCUT2D eigenvalue weighted by Crippen LogP contribution is 2.20. The fourth-order valence-electron chi connectivity index (χ4n) is 1.83. The molecule has 0 atom stereocenters. The van der Waals surface area contributed by atoms with Gasteiger partial charge in [0.1, 0.15) is 12.4 Å². The smallest absolute Gasteiger partial charge is 0.315 e. The zero-order valence-corrected chi connectivity index (χ0v) is 14.5. The number of carbonyl (C=O) groups excluding carboxylic acids is 2. The maximum atomic E-state index is 11.8. The Bertz CT molecular complexity index is 680. The van der Waals surface area contributed by atoms with Crippen LogP contribution in [0.2, 0.25) is 0 Å². The van der Waals surface area contributed by atoms with Crippen molar-refractivity contribution in [3.63, 3.8) is 0 Å². The second kappa shape index (κ2) is 9.57. The van der Waals surface area contributed by atoms with Gasteiger partial charge in [-0.15, -0.1) is 0 Å². The van der Waals surface area contributed by atoms with Crippen LogP contribution in [0.1, 0.15) is 0 Å². The molecular weight excluding hydrogens is 374 g/mol. The quantitative estimate of drug-likeness (QED) is 0.634. The summed E-state index contributed by atoms with van der Waals surface area (Å²) in [6, 6.07) is 16.2. The molecule has 0 fully saturated rings. The molecule has 0 aliphatic carbocycles. The molecule has 0 saturated carbocycles. The van der Waals surface area contributed by atoms with Crippen molar-refractivity contribution in [2.75, 3.05) is 25.0 Å². The van der Waals surface area contributed by atoms with E-state index in [2.05, 4.69) is 31.9 Å². The summed E-state index contributed by atoms with van der Waals surface area (Å²) in [7, 11) is 0. The summed E-state index contributed by atoms with van der Waals surface area (Å²) in [4.78, 5) is 23.4. The number of rotatable bonds is 7. The van der Waals surface area contributed by atoms with Crippen LogP contribution in [0.15, 0.2) is 59.1 Å². The van der Waals surface area contributed by atoms with Gasteiger partial charge in [-0.2, -0.15) is 0 Å². The first kappa shape index (κ1) is 17.8. The van der Waals surface area contributed by atoms with Crippen molar-refractivity contribution in [1.82, 2.24) is 10.6 Å². The van der Waals surface area contributed by atoms with Crippen LogP contribution in [-0.2, 0) is 4.79 Å². The minimum Gasteiger partial charge on any atom is -0.492 e. The lowest BCUT2D eigenvalue weighted by Gasteiger charge is -2.10. The summed E-state index contributed by atoms with van der Waals surface area (Å²) >= 11 is 3.34. The number of carbonyl (C=O) groups is 2. The highest BCUT2D eigenvalue weighted by Gasteiger charge is 2.07. The monoisotopic (exact) mass is 391 g/mol. The van der Waals surface area contributed by atoms with Crippen LogP contribution in [-0.4, -0.2) is 31.6 Å². The summed E-state index contributed by atoms with van der Waals surface area (Å²) in [5.41, 5.74) is 0.654. The van der Waals surface area contributed by atoms with Crippen molar-refractivity contribution in [2.24, 2.45) is 0 Å². The Balaban J connectivity index is 1.60. The Morgan fingerprint density at radius 1 is 0.958 bits per heavy atom. The Labute approximate surface area is 148 Å². The number of anilines is 1. The van der Waals surface area contributed by atoms with Crippen LogP contribution in [0.25, 0.3) is 0 Å². The molecule has 0 aliphatic rings. The van der Waals surface area contributed by atoms with E-state index in [1.165, 1.54) is 0 Å². The number of amides is 3. The van der Waals surface area contributed by atoms with Crippen LogP contribution < -0.4 is 20.7 Å². The predicted molar refractivity (Wildman–Crippen MR) is 96.1 cm³/mol. The molecule has 3 N–H and O–H groups in total. The highest BCUT2D eigenvalue weighted by atomic mass is 79.9. The van der Waals surface area contributed by atoms with Gasteiger partial charge in [-0.3, -0.25) is 4.79 Å². The average molecular weight is 392 g/mol. The van der Waals surface area contributed by atoms with E-state index in [9.17, 15) is 9.59 Å². The zero-order chi connectivity index (χ0) is 17.2. The zero-order valence-electron chi connectivity index (χ0n) is 12.9. The number of hydrogen-bond acceptors (Lipinski definition) is 3. The van der Waals surface area contributed by atoms with Crippen molar-refractivity contribution in [2.45, 2.75) is 0 Å². The van der Waals surface area contributed by atoms with Crippen LogP contribution in [0.4, 0.5) is 10.5 Å². The second-order valence-corrected chi connectivity index (χ2v) is 5.65. The fourth-order valence-corrected chi connectivity index (χ4v) is 2.21. The molecule has 6 nitrogen and oxygen atoms in total. The van der Waals surface area contributed by atoms with Gasteiger partial charge in [-0.05, 0) is 40.2 Å². The van der Waals surface area contributed by atoms with Gasteiger partial charge < -0.3 is 20.7 Å². The standard InChI is InChI=1S/C17H18BrN3O3/c18-14-8-4-5-9-15(14)21-16(22)12-20-17(23)19-10-11-24-13-6-2-1-3-7-13/h1-9H,10-12H2,(H,21,22)(H2,19,20,23). The molecule has 0 heterocycles. The van der Waals surface area contributed by atoms with Gasteiger partial charge in [0.15, 0.2) is 0 Å². The summed E-state index contributed by atoms with van der Waals surface area (Å²) in [6.07, 6.45) is 0. The lowest BCUT2D eigenvalue weighted by atomic mass is 10.3. The SMILES string of the molecule is O=C(CNC(=O)NCCOc1ccccc1)Nc1ccccc1Br. The Morgan fingerprint density at radius 3 is 2.42 bits per heavy atom. The first-order chi connectivity index (χ1) is 11.6. The van der Waals surface area contributed by atoms with Crippen molar-refractivity contribution in [3.8, 4) is 5.75 Å². The van der Waals surface area contributed by atoms with E-state index in [1.807, 2.05) is 48.5 Å². The number of nitrogens with one attached hydrogen (secondary N) is 3. The summed E-state index contributed by atoms with van der Waals surface area (Å²) in [6.45, 7) is 0.569. The third-order valence-corrected chi connectivity index (χ3v) is 3.65. The van der Waals surface area contributed by atoms with E-state index in [1.54, 1.807) is 6.07 Å². The van der Waals surface area contributed by atoms with E-state index < -0.39 is 6.03 Å². The number of halogens is 1. The van der Waals surface area contributed by atoms with Crippen LogP contribution in [0.3, 0.4) is 0 Å². The lowest BCUT2D eigenvalue weighted by molar-refractivity contribution is -0.115. The van der Waals surface area contributed by atoms with E-state index >= 15 is 0 Å². The largest absolute Gasteiger partial charge is 0.492 e. The normalized spacial score (nSPS) is 9.88. The molecule has 2 rings (SSSR count). The van der Waals surface area contributed by atoms with Gasteiger partial charge in [0.25, 0.3) is 0 Å². The number of hydrogen-bond donors (Lipinski definition) is 3. The lowest BCUT2D eigenvalue weighted by Crippen LogP contribution is -2.41. The van der Waals surface area contributed by atoms with Crippen LogP contribution in [0.5, 0.6) is 5.75 Å². The first-order valence-corrected chi connectivity index (χ1v) is 8.18. The molecule has 0 saturated heterocycles. The average Bonchev–Trinajstić information content (AvgIpc) is 2.60. The molecule has 24 heavy (non-hydrogen) atoms. The van der Waals surface area contributed by atoms with E-state index in [0.29, 0.717) is 18.8 Å². The van der Waals surface area contributed by atoms with Crippen molar-refractivity contribution < 1.29 is 14.3 Å². The Morgan fingerprint density at radius 2 is 1.67 bits per heavy atom. The molecule has 0 radical (unpaired) electrons. The summed E-state index contributed by atoms with van der Waals surface area (Å²) in [5, 5.41) is 7.81. The van der Waals surface area contributed by atoms with E-state index in [4.69, 9.17) is 4.74 Å². The topological polar surface area (TPSA) is 79.5 Å². The van der Waals surface area contributed by atoms with E-state index in [0.717, 1.165) is 10.2 Å². The van der Waals surface area contributed by atoms with Crippen molar-refractivity contribution >= 4 is 33.6 Å². The molecular formula is C17H18BrN3O3. The molecule has 0 unspecified atom stereocenters.